The number of fused-ring (bicyclic) bond motifs is 1. The minimum atomic E-state index is 0.672. The van der Waals surface area contributed by atoms with E-state index in [1.165, 1.54) is 16.7 Å². The lowest BCUT2D eigenvalue weighted by Gasteiger charge is -2.13. The Morgan fingerprint density at radius 3 is 2.93 bits per heavy atom. The molecule has 0 aliphatic carbocycles. The molecule has 1 aromatic carbocycles. The van der Waals surface area contributed by atoms with Gasteiger partial charge in [-0.1, -0.05) is 37.3 Å². The Balaban J connectivity index is 2.41. The molecule has 1 heteroatoms. The van der Waals surface area contributed by atoms with Crippen molar-refractivity contribution < 1.29 is 4.74 Å². The van der Waals surface area contributed by atoms with Crippen molar-refractivity contribution in [2.75, 3.05) is 6.61 Å². The molecule has 0 fully saturated rings. The summed E-state index contributed by atoms with van der Waals surface area (Å²) in [5.41, 5.74) is 3.71. The van der Waals surface area contributed by atoms with Gasteiger partial charge >= 0.3 is 0 Å². The molecule has 0 bridgehead atoms. The van der Waals surface area contributed by atoms with Crippen LogP contribution in [0.2, 0.25) is 0 Å². The van der Waals surface area contributed by atoms with Crippen molar-refractivity contribution in [3.63, 3.8) is 0 Å². The van der Waals surface area contributed by atoms with Crippen molar-refractivity contribution in [3.05, 3.63) is 47.1 Å². The SMILES string of the molecule is CCC1=C/COc2c(C)cccc2/C=C\1. The van der Waals surface area contributed by atoms with Crippen molar-refractivity contribution in [2.45, 2.75) is 20.3 Å². The Bertz CT molecular complexity index is 413. The Hall–Kier alpha value is -1.50. The van der Waals surface area contributed by atoms with Gasteiger partial charge < -0.3 is 4.74 Å². The Morgan fingerprint density at radius 2 is 2.13 bits per heavy atom. The minimum absolute atomic E-state index is 0.672. The van der Waals surface area contributed by atoms with E-state index in [4.69, 9.17) is 4.74 Å². The third-order valence-electron chi connectivity index (χ3n) is 2.70. The van der Waals surface area contributed by atoms with Crippen LogP contribution in [0.25, 0.3) is 6.08 Å². The van der Waals surface area contributed by atoms with Gasteiger partial charge in [-0.05, 0) is 30.6 Å². The van der Waals surface area contributed by atoms with Crippen molar-refractivity contribution in [1.29, 1.82) is 0 Å². The van der Waals surface area contributed by atoms with Crippen molar-refractivity contribution in [2.24, 2.45) is 0 Å². The number of aryl methyl sites for hydroxylation is 1. The summed E-state index contributed by atoms with van der Waals surface area (Å²) in [4.78, 5) is 0. The molecule has 0 amide bonds. The average molecular weight is 200 g/mol. The number of hydrogen-bond donors (Lipinski definition) is 0. The Morgan fingerprint density at radius 1 is 1.27 bits per heavy atom. The van der Waals surface area contributed by atoms with Crippen molar-refractivity contribution >= 4 is 6.08 Å². The second-order valence-corrected chi connectivity index (χ2v) is 3.77. The van der Waals surface area contributed by atoms with Crippen LogP contribution >= 0.6 is 0 Å². The Kier molecular flexibility index (Phi) is 2.91. The van der Waals surface area contributed by atoms with Gasteiger partial charge in [0.05, 0.1) is 0 Å². The van der Waals surface area contributed by atoms with Crippen LogP contribution in [0.4, 0.5) is 0 Å². The summed E-state index contributed by atoms with van der Waals surface area (Å²) >= 11 is 0. The topological polar surface area (TPSA) is 9.23 Å². The van der Waals surface area contributed by atoms with Crippen LogP contribution in [0.15, 0.2) is 35.9 Å². The third kappa shape index (κ3) is 2.12. The summed E-state index contributed by atoms with van der Waals surface area (Å²) in [6.07, 6.45) is 7.52. The highest BCUT2D eigenvalue weighted by molar-refractivity contribution is 5.62. The monoisotopic (exact) mass is 200 g/mol. The molecule has 0 aromatic heterocycles. The van der Waals surface area contributed by atoms with Crippen LogP contribution in [0.5, 0.6) is 5.75 Å². The van der Waals surface area contributed by atoms with Gasteiger partial charge in [0.1, 0.15) is 12.4 Å². The molecule has 0 spiro atoms. The second kappa shape index (κ2) is 4.35. The molecule has 1 aromatic rings. The number of allylic oxidation sites excluding steroid dienone is 2. The smallest absolute Gasteiger partial charge is 0.129 e. The fraction of sp³-hybridized carbons (Fsp3) is 0.286. The normalized spacial score (nSPS) is 20.3. The zero-order chi connectivity index (χ0) is 10.7. The molecule has 78 valence electrons. The van der Waals surface area contributed by atoms with Crippen molar-refractivity contribution in [3.8, 4) is 5.75 Å². The molecule has 1 nitrogen and oxygen atoms in total. The quantitative estimate of drug-likeness (QED) is 0.671. The molecule has 1 aliphatic rings. The maximum absolute atomic E-state index is 5.76. The van der Waals surface area contributed by atoms with E-state index in [-0.39, 0.29) is 0 Å². The van der Waals surface area contributed by atoms with Crippen molar-refractivity contribution in [1.82, 2.24) is 0 Å². The predicted octanol–water partition coefficient (Wildman–Crippen LogP) is 3.74. The van der Waals surface area contributed by atoms with Crippen LogP contribution in [0, 0.1) is 6.92 Å². The lowest BCUT2D eigenvalue weighted by molar-refractivity contribution is 0.358. The van der Waals surface area contributed by atoms with E-state index in [9.17, 15) is 0 Å². The molecule has 15 heavy (non-hydrogen) atoms. The van der Waals surface area contributed by atoms with Gasteiger partial charge in [0.2, 0.25) is 0 Å². The summed E-state index contributed by atoms with van der Waals surface area (Å²) in [5, 5.41) is 0. The first kappa shape index (κ1) is 10.0. The summed E-state index contributed by atoms with van der Waals surface area (Å²) in [7, 11) is 0. The maximum atomic E-state index is 5.76. The first-order valence-corrected chi connectivity index (χ1v) is 5.41. The molecule has 0 unspecified atom stereocenters. The lowest BCUT2D eigenvalue weighted by atomic mass is 10.1. The molecule has 1 aliphatic heterocycles. The number of para-hydroxylation sites is 1. The number of benzene rings is 1. The van der Waals surface area contributed by atoms with Gasteiger partial charge in [-0.25, -0.2) is 0 Å². The lowest BCUT2D eigenvalue weighted by Crippen LogP contribution is -2.00. The maximum Gasteiger partial charge on any atom is 0.129 e. The largest absolute Gasteiger partial charge is 0.489 e. The van der Waals surface area contributed by atoms with Gasteiger partial charge in [0.25, 0.3) is 0 Å². The second-order valence-electron chi connectivity index (χ2n) is 3.77. The van der Waals surface area contributed by atoms with Crippen LogP contribution in [-0.2, 0) is 0 Å². The van der Waals surface area contributed by atoms with Gasteiger partial charge in [0.15, 0.2) is 0 Å². The van der Waals surface area contributed by atoms with Gasteiger partial charge in [-0.2, -0.15) is 0 Å². The molecule has 0 N–H and O–H groups in total. The zero-order valence-corrected chi connectivity index (χ0v) is 9.29. The molecule has 2 rings (SSSR count). The van der Waals surface area contributed by atoms with Gasteiger partial charge in [-0.15, -0.1) is 0 Å². The number of ether oxygens (including phenoxy) is 1. The van der Waals surface area contributed by atoms with E-state index in [1.807, 2.05) is 0 Å². The summed E-state index contributed by atoms with van der Waals surface area (Å²) < 4.78 is 5.76. The predicted molar refractivity (Wildman–Crippen MR) is 64.1 cm³/mol. The molecule has 0 saturated carbocycles. The molecule has 0 saturated heterocycles. The summed E-state index contributed by atoms with van der Waals surface area (Å²) in [6, 6.07) is 6.25. The highest BCUT2D eigenvalue weighted by Crippen LogP contribution is 2.26. The van der Waals surface area contributed by atoms with Crippen LogP contribution in [0.3, 0.4) is 0 Å². The Labute approximate surface area is 91.1 Å². The molecular weight excluding hydrogens is 184 g/mol. The zero-order valence-electron chi connectivity index (χ0n) is 9.29. The van der Waals surface area contributed by atoms with E-state index in [2.05, 4.69) is 50.3 Å². The van der Waals surface area contributed by atoms with Crippen LogP contribution in [-0.4, -0.2) is 6.61 Å². The third-order valence-corrected chi connectivity index (χ3v) is 2.70. The van der Waals surface area contributed by atoms with E-state index >= 15 is 0 Å². The fourth-order valence-electron chi connectivity index (χ4n) is 1.76. The fourth-order valence-corrected chi connectivity index (χ4v) is 1.76. The highest BCUT2D eigenvalue weighted by Gasteiger charge is 2.05. The van der Waals surface area contributed by atoms with E-state index in [0.29, 0.717) is 6.61 Å². The summed E-state index contributed by atoms with van der Waals surface area (Å²) in [5.74, 6) is 1.01. The molecule has 0 atom stereocenters. The van der Waals surface area contributed by atoms with E-state index in [0.717, 1.165) is 12.2 Å². The number of hydrogen-bond acceptors (Lipinski definition) is 1. The van der Waals surface area contributed by atoms with Crippen LogP contribution in [0.1, 0.15) is 24.5 Å². The first-order valence-electron chi connectivity index (χ1n) is 5.41. The van der Waals surface area contributed by atoms with Crippen LogP contribution < -0.4 is 4.74 Å². The summed E-state index contributed by atoms with van der Waals surface area (Å²) in [6.45, 7) is 4.92. The van der Waals surface area contributed by atoms with Gasteiger partial charge in [0, 0.05) is 5.56 Å². The van der Waals surface area contributed by atoms with Gasteiger partial charge in [-0.3, -0.25) is 0 Å². The van der Waals surface area contributed by atoms with E-state index in [1.54, 1.807) is 0 Å². The minimum Gasteiger partial charge on any atom is -0.489 e. The standard InChI is InChI=1S/C14H16O/c1-3-12-7-8-13-6-4-5-11(2)14(13)15-10-9-12/h4-9H,3,10H2,1-2H3/b8-7-,12-9-. The number of rotatable bonds is 1. The molecule has 1 heterocycles. The average Bonchev–Trinajstić information content (AvgIpc) is 2.21. The molecular formula is C14H16O. The first-order chi connectivity index (χ1) is 7.31. The highest BCUT2D eigenvalue weighted by atomic mass is 16.5. The molecule has 0 radical (unpaired) electrons. The van der Waals surface area contributed by atoms with E-state index < -0.39 is 0 Å².